The maximum Gasteiger partial charge on any atom is 0.257 e. The van der Waals surface area contributed by atoms with Crippen LogP contribution in [0.25, 0.3) is 0 Å². The van der Waals surface area contributed by atoms with E-state index in [2.05, 4.69) is 9.88 Å². The minimum atomic E-state index is 0.0159. The summed E-state index contributed by atoms with van der Waals surface area (Å²) in [5.41, 5.74) is 2.82. The van der Waals surface area contributed by atoms with Crippen LogP contribution in [0.1, 0.15) is 33.1 Å². The van der Waals surface area contributed by atoms with E-state index in [0.717, 1.165) is 54.4 Å². The van der Waals surface area contributed by atoms with Crippen LogP contribution >= 0.6 is 0 Å². The Kier molecular flexibility index (Phi) is 3.98. The molecule has 22 heavy (non-hydrogen) atoms. The second-order valence-corrected chi connectivity index (χ2v) is 5.92. The number of furan rings is 1. The Bertz CT molecular complexity index is 677. The zero-order valence-corrected chi connectivity index (χ0v) is 13.3. The first-order valence-electron chi connectivity index (χ1n) is 7.51. The fourth-order valence-electron chi connectivity index (χ4n) is 2.94. The predicted molar refractivity (Wildman–Crippen MR) is 83.5 cm³/mol. The fourth-order valence-corrected chi connectivity index (χ4v) is 2.94. The molecule has 0 saturated carbocycles. The molecule has 0 spiro atoms. The van der Waals surface area contributed by atoms with Crippen LogP contribution in [-0.2, 0) is 19.5 Å². The normalized spacial score (nSPS) is 14.7. The molecule has 116 valence electrons. The molecule has 0 unspecified atom stereocenters. The van der Waals surface area contributed by atoms with Gasteiger partial charge in [-0.15, -0.1) is 0 Å². The molecule has 0 bridgehead atoms. The number of nitrogens with zero attached hydrogens (tertiary/aromatic N) is 3. The number of carbonyl (C=O) groups excluding carboxylic acids is 1. The number of rotatable bonds is 3. The number of hydrogen-bond donors (Lipinski definition) is 0. The minimum absolute atomic E-state index is 0.0159. The lowest BCUT2D eigenvalue weighted by atomic mass is 10.0. The van der Waals surface area contributed by atoms with Crippen molar-refractivity contribution in [2.24, 2.45) is 0 Å². The molecule has 1 aliphatic rings. The van der Waals surface area contributed by atoms with Crippen molar-refractivity contribution in [3.05, 3.63) is 52.7 Å². The first-order chi connectivity index (χ1) is 10.6. The smallest absolute Gasteiger partial charge is 0.257 e. The van der Waals surface area contributed by atoms with Crippen LogP contribution in [0.2, 0.25) is 0 Å². The highest BCUT2D eigenvalue weighted by Crippen LogP contribution is 2.29. The number of carbonyl (C=O) groups is 1. The van der Waals surface area contributed by atoms with Crippen molar-refractivity contribution in [1.82, 2.24) is 14.8 Å². The molecule has 1 amide bonds. The fraction of sp³-hybridized carbons (Fsp3) is 0.412. The third kappa shape index (κ3) is 2.76. The molecular weight excluding hydrogens is 278 g/mol. The summed E-state index contributed by atoms with van der Waals surface area (Å²) >= 11 is 0. The van der Waals surface area contributed by atoms with Crippen molar-refractivity contribution in [2.45, 2.75) is 26.4 Å². The lowest BCUT2D eigenvalue weighted by Gasteiger charge is -2.26. The summed E-state index contributed by atoms with van der Waals surface area (Å²) < 4.78 is 5.82. The van der Waals surface area contributed by atoms with Gasteiger partial charge in [-0.1, -0.05) is 6.07 Å². The lowest BCUT2D eigenvalue weighted by molar-refractivity contribution is 0.0823. The molecule has 2 aromatic heterocycles. The molecule has 2 aromatic rings. The molecular formula is C17H21N3O2. The van der Waals surface area contributed by atoms with Gasteiger partial charge in [-0.3, -0.25) is 14.7 Å². The van der Waals surface area contributed by atoms with Crippen LogP contribution < -0.4 is 0 Å². The molecule has 0 atom stereocenters. The summed E-state index contributed by atoms with van der Waals surface area (Å²) in [6.07, 6.45) is 2.65. The maximum absolute atomic E-state index is 12.4. The number of fused-ring (bicyclic) bond motifs is 1. The highest BCUT2D eigenvalue weighted by Gasteiger charge is 2.29. The van der Waals surface area contributed by atoms with Gasteiger partial charge < -0.3 is 9.32 Å². The van der Waals surface area contributed by atoms with Crippen molar-refractivity contribution >= 4 is 5.91 Å². The Labute approximate surface area is 130 Å². The van der Waals surface area contributed by atoms with Crippen LogP contribution in [0.3, 0.4) is 0 Å². The molecule has 1 aliphatic heterocycles. The van der Waals surface area contributed by atoms with Crippen LogP contribution in [-0.4, -0.2) is 41.3 Å². The Morgan fingerprint density at radius 2 is 2.23 bits per heavy atom. The molecule has 5 heteroatoms. The molecule has 0 aliphatic carbocycles. The summed E-state index contributed by atoms with van der Waals surface area (Å²) in [7, 11) is 3.55. The van der Waals surface area contributed by atoms with Gasteiger partial charge in [-0.05, 0) is 19.1 Å². The number of amides is 1. The van der Waals surface area contributed by atoms with E-state index in [1.807, 2.05) is 31.3 Å². The van der Waals surface area contributed by atoms with Crippen LogP contribution in [0.5, 0.6) is 0 Å². The van der Waals surface area contributed by atoms with E-state index in [1.54, 1.807) is 19.0 Å². The van der Waals surface area contributed by atoms with Crippen molar-refractivity contribution in [3.63, 3.8) is 0 Å². The summed E-state index contributed by atoms with van der Waals surface area (Å²) in [6.45, 7) is 4.32. The Balaban J connectivity index is 1.84. The topological polar surface area (TPSA) is 49.6 Å². The molecule has 3 rings (SSSR count). The van der Waals surface area contributed by atoms with Gasteiger partial charge in [0.1, 0.15) is 11.5 Å². The number of pyridine rings is 1. The maximum atomic E-state index is 12.4. The van der Waals surface area contributed by atoms with Crippen molar-refractivity contribution in [3.8, 4) is 0 Å². The zero-order valence-electron chi connectivity index (χ0n) is 13.3. The zero-order chi connectivity index (χ0) is 15.7. The molecule has 0 radical (unpaired) electrons. The van der Waals surface area contributed by atoms with Crippen LogP contribution in [0.15, 0.2) is 28.8 Å². The molecule has 0 aromatic carbocycles. The largest absolute Gasteiger partial charge is 0.465 e. The van der Waals surface area contributed by atoms with Crippen molar-refractivity contribution in [1.29, 1.82) is 0 Å². The van der Waals surface area contributed by atoms with Gasteiger partial charge in [0.25, 0.3) is 5.91 Å². The molecule has 3 heterocycles. The summed E-state index contributed by atoms with van der Waals surface area (Å²) in [6, 6.07) is 5.95. The number of hydrogen-bond acceptors (Lipinski definition) is 4. The van der Waals surface area contributed by atoms with Gasteiger partial charge in [0.15, 0.2) is 0 Å². The average molecular weight is 299 g/mol. The Morgan fingerprint density at radius 1 is 1.41 bits per heavy atom. The van der Waals surface area contributed by atoms with Gasteiger partial charge in [0, 0.05) is 51.9 Å². The standard InChI is InChI=1S/C17H21N3O2/c1-12-16(17(21)19(2)3)14-11-20(9-7-15(14)22-12)10-13-6-4-5-8-18-13/h4-6,8H,7,9-11H2,1-3H3. The number of aromatic nitrogens is 1. The van der Waals surface area contributed by atoms with Crippen LogP contribution in [0.4, 0.5) is 0 Å². The Morgan fingerprint density at radius 3 is 2.91 bits per heavy atom. The van der Waals surface area contributed by atoms with E-state index < -0.39 is 0 Å². The van der Waals surface area contributed by atoms with Gasteiger partial charge in [0.2, 0.25) is 0 Å². The van der Waals surface area contributed by atoms with Crippen LogP contribution in [0, 0.1) is 6.92 Å². The first kappa shape index (κ1) is 14.8. The first-order valence-corrected chi connectivity index (χ1v) is 7.51. The highest BCUT2D eigenvalue weighted by molar-refractivity contribution is 5.96. The molecule has 0 fully saturated rings. The molecule has 0 N–H and O–H groups in total. The summed E-state index contributed by atoms with van der Waals surface area (Å²) in [5, 5.41) is 0. The monoisotopic (exact) mass is 299 g/mol. The van der Waals surface area contributed by atoms with Gasteiger partial charge in [-0.25, -0.2) is 0 Å². The Hall–Kier alpha value is -2.14. The van der Waals surface area contributed by atoms with Gasteiger partial charge in [0.05, 0.1) is 11.3 Å². The summed E-state index contributed by atoms with van der Waals surface area (Å²) in [4.78, 5) is 20.7. The van der Waals surface area contributed by atoms with E-state index in [4.69, 9.17) is 4.42 Å². The SMILES string of the molecule is Cc1oc2c(c1C(=O)N(C)C)CN(Cc1ccccn1)CC2. The van der Waals surface area contributed by atoms with E-state index in [-0.39, 0.29) is 5.91 Å². The second kappa shape index (κ2) is 5.93. The lowest BCUT2D eigenvalue weighted by Crippen LogP contribution is -2.32. The third-order valence-corrected chi connectivity index (χ3v) is 4.04. The highest BCUT2D eigenvalue weighted by atomic mass is 16.3. The predicted octanol–water partition coefficient (Wildman–Crippen LogP) is 2.24. The second-order valence-electron chi connectivity index (χ2n) is 5.92. The summed E-state index contributed by atoms with van der Waals surface area (Å²) in [5.74, 6) is 1.70. The van der Waals surface area contributed by atoms with E-state index >= 15 is 0 Å². The van der Waals surface area contributed by atoms with Gasteiger partial charge >= 0.3 is 0 Å². The minimum Gasteiger partial charge on any atom is -0.465 e. The van der Waals surface area contributed by atoms with E-state index in [1.165, 1.54) is 0 Å². The third-order valence-electron chi connectivity index (χ3n) is 4.04. The average Bonchev–Trinajstić information content (AvgIpc) is 2.82. The van der Waals surface area contributed by atoms with E-state index in [0.29, 0.717) is 0 Å². The van der Waals surface area contributed by atoms with Gasteiger partial charge in [-0.2, -0.15) is 0 Å². The van der Waals surface area contributed by atoms with E-state index in [9.17, 15) is 4.79 Å². The quantitative estimate of drug-likeness (QED) is 0.872. The molecule has 0 saturated heterocycles. The number of aryl methyl sites for hydroxylation is 1. The molecule has 5 nitrogen and oxygen atoms in total. The van der Waals surface area contributed by atoms with Crippen molar-refractivity contribution in [2.75, 3.05) is 20.6 Å². The van der Waals surface area contributed by atoms with Crippen molar-refractivity contribution < 1.29 is 9.21 Å².